The third-order valence-corrected chi connectivity index (χ3v) is 5.80. The molecule has 1 unspecified atom stereocenters. The first-order valence-corrected chi connectivity index (χ1v) is 8.98. The third kappa shape index (κ3) is 2.71. The lowest BCUT2D eigenvalue weighted by atomic mass is 9.89. The van der Waals surface area contributed by atoms with Gasteiger partial charge in [-0.2, -0.15) is 0 Å². The number of piperazine rings is 1. The molecule has 1 N–H and O–H groups in total. The van der Waals surface area contributed by atoms with Crippen LogP contribution in [0.15, 0.2) is 17.8 Å². The number of fused-ring (bicyclic) bond motifs is 1. The Hall–Kier alpha value is -1.24. The summed E-state index contributed by atoms with van der Waals surface area (Å²) in [4.78, 5) is 15.0. The largest absolute Gasteiger partial charge is 0.353 e. The highest BCUT2D eigenvalue weighted by Gasteiger charge is 2.32. The first kappa shape index (κ1) is 14.4. The predicted molar refractivity (Wildman–Crippen MR) is 91.7 cm³/mol. The second-order valence-corrected chi connectivity index (χ2v) is 7.73. The lowest BCUT2D eigenvalue weighted by Gasteiger charge is -2.39. The molecule has 2 aliphatic heterocycles. The second kappa shape index (κ2) is 5.76. The van der Waals surface area contributed by atoms with Gasteiger partial charge in [0.2, 0.25) is 0 Å². The number of hydrogen-bond acceptors (Lipinski definition) is 6. The molecular formula is C16H23N5S. The van der Waals surface area contributed by atoms with E-state index in [1.165, 1.54) is 24.9 Å². The molecule has 6 heteroatoms. The van der Waals surface area contributed by atoms with Gasteiger partial charge in [0.1, 0.15) is 17.0 Å². The van der Waals surface area contributed by atoms with E-state index < -0.39 is 0 Å². The molecule has 2 saturated heterocycles. The van der Waals surface area contributed by atoms with Crippen molar-refractivity contribution in [1.82, 2.24) is 20.2 Å². The molecule has 4 rings (SSSR count). The first-order valence-electron chi connectivity index (χ1n) is 8.10. The van der Waals surface area contributed by atoms with E-state index in [4.69, 9.17) is 0 Å². The van der Waals surface area contributed by atoms with Crippen molar-refractivity contribution in [3.63, 3.8) is 0 Å². The Morgan fingerprint density at radius 1 is 1.27 bits per heavy atom. The van der Waals surface area contributed by atoms with Gasteiger partial charge in [0, 0.05) is 39.3 Å². The molecule has 0 aliphatic carbocycles. The molecule has 0 radical (unpaired) electrons. The van der Waals surface area contributed by atoms with Gasteiger partial charge in [-0.15, -0.1) is 11.3 Å². The highest BCUT2D eigenvalue weighted by molar-refractivity contribution is 7.16. The van der Waals surface area contributed by atoms with E-state index in [0.29, 0.717) is 5.41 Å². The second-order valence-electron chi connectivity index (χ2n) is 6.84. The van der Waals surface area contributed by atoms with Crippen molar-refractivity contribution < 1.29 is 0 Å². The molecule has 4 heterocycles. The Labute approximate surface area is 135 Å². The average Bonchev–Trinajstić information content (AvgIpc) is 3.16. The van der Waals surface area contributed by atoms with Crippen LogP contribution in [0.4, 0.5) is 5.82 Å². The van der Waals surface area contributed by atoms with Crippen LogP contribution in [-0.2, 0) is 0 Å². The fourth-order valence-electron chi connectivity index (χ4n) is 3.69. The Bertz CT molecular complexity index is 641. The van der Waals surface area contributed by atoms with E-state index >= 15 is 0 Å². The molecule has 2 aliphatic rings. The molecule has 0 saturated carbocycles. The van der Waals surface area contributed by atoms with Gasteiger partial charge < -0.3 is 10.2 Å². The smallest absolute Gasteiger partial charge is 0.140 e. The van der Waals surface area contributed by atoms with E-state index in [1.807, 2.05) is 0 Å². The molecule has 0 amide bonds. The maximum Gasteiger partial charge on any atom is 0.140 e. The highest BCUT2D eigenvalue weighted by Crippen LogP contribution is 2.29. The monoisotopic (exact) mass is 317 g/mol. The van der Waals surface area contributed by atoms with E-state index in [9.17, 15) is 0 Å². The molecule has 5 nitrogen and oxygen atoms in total. The topological polar surface area (TPSA) is 44.3 Å². The van der Waals surface area contributed by atoms with Gasteiger partial charge in [-0.25, -0.2) is 9.97 Å². The van der Waals surface area contributed by atoms with E-state index in [-0.39, 0.29) is 0 Å². The number of aromatic nitrogens is 2. The number of anilines is 1. The van der Waals surface area contributed by atoms with Crippen LogP contribution < -0.4 is 10.2 Å². The summed E-state index contributed by atoms with van der Waals surface area (Å²) in [5.74, 6) is 1.11. The van der Waals surface area contributed by atoms with Gasteiger partial charge in [-0.1, -0.05) is 6.92 Å². The highest BCUT2D eigenvalue weighted by atomic mass is 32.1. The summed E-state index contributed by atoms with van der Waals surface area (Å²) in [5, 5.41) is 6.81. The Morgan fingerprint density at radius 2 is 2.14 bits per heavy atom. The van der Waals surface area contributed by atoms with Crippen molar-refractivity contribution in [2.75, 3.05) is 50.7 Å². The minimum atomic E-state index is 0.456. The molecule has 2 aromatic heterocycles. The summed E-state index contributed by atoms with van der Waals surface area (Å²) in [5.41, 5.74) is 0.456. The van der Waals surface area contributed by atoms with Crippen LogP contribution in [0.3, 0.4) is 0 Å². The fourth-order valence-corrected chi connectivity index (χ4v) is 4.42. The normalized spacial score (nSPS) is 26.9. The van der Waals surface area contributed by atoms with Crippen LogP contribution in [0.1, 0.15) is 13.3 Å². The number of nitrogens with zero attached hydrogens (tertiary/aromatic N) is 4. The molecule has 2 fully saturated rings. The molecule has 0 spiro atoms. The van der Waals surface area contributed by atoms with Gasteiger partial charge in [0.15, 0.2) is 0 Å². The van der Waals surface area contributed by atoms with Crippen molar-refractivity contribution >= 4 is 27.4 Å². The SMILES string of the molecule is CC1(CN2CCN(c3ncnc4sccc34)CC2)CCNC1. The van der Waals surface area contributed by atoms with Crippen molar-refractivity contribution in [2.24, 2.45) is 5.41 Å². The molecule has 22 heavy (non-hydrogen) atoms. The lowest BCUT2D eigenvalue weighted by molar-refractivity contribution is 0.169. The van der Waals surface area contributed by atoms with Crippen LogP contribution in [0.5, 0.6) is 0 Å². The summed E-state index contributed by atoms with van der Waals surface area (Å²) in [7, 11) is 0. The Balaban J connectivity index is 1.42. The minimum Gasteiger partial charge on any atom is -0.353 e. The van der Waals surface area contributed by atoms with E-state index in [1.54, 1.807) is 17.7 Å². The molecular weight excluding hydrogens is 294 g/mol. The van der Waals surface area contributed by atoms with E-state index in [0.717, 1.165) is 43.4 Å². The Kier molecular flexibility index (Phi) is 3.76. The van der Waals surface area contributed by atoms with Gasteiger partial charge in [-0.05, 0) is 29.8 Å². The number of hydrogen-bond donors (Lipinski definition) is 1. The summed E-state index contributed by atoms with van der Waals surface area (Å²) >= 11 is 1.69. The van der Waals surface area contributed by atoms with Crippen LogP contribution >= 0.6 is 11.3 Å². The van der Waals surface area contributed by atoms with Gasteiger partial charge in [-0.3, -0.25) is 4.90 Å². The Morgan fingerprint density at radius 3 is 2.91 bits per heavy atom. The van der Waals surface area contributed by atoms with Crippen LogP contribution in [0.25, 0.3) is 10.2 Å². The molecule has 0 bridgehead atoms. The maximum absolute atomic E-state index is 4.54. The quantitative estimate of drug-likeness (QED) is 0.935. The zero-order valence-corrected chi connectivity index (χ0v) is 13.9. The van der Waals surface area contributed by atoms with Gasteiger partial charge in [0.25, 0.3) is 0 Å². The van der Waals surface area contributed by atoms with E-state index in [2.05, 4.69) is 43.5 Å². The van der Waals surface area contributed by atoms with Gasteiger partial charge >= 0.3 is 0 Å². The molecule has 0 aromatic carbocycles. The van der Waals surface area contributed by atoms with Crippen LogP contribution in [0, 0.1) is 5.41 Å². The molecule has 118 valence electrons. The van der Waals surface area contributed by atoms with Gasteiger partial charge in [0.05, 0.1) is 5.39 Å². The zero-order valence-electron chi connectivity index (χ0n) is 13.1. The molecule has 1 atom stereocenters. The summed E-state index contributed by atoms with van der Waals surface area (Å²) in [6, 6.07) is 2.15. The number of rotatable bonds is 3. The summed E-state index contributed by atoms with van der Waals surface area (Å²) in [6.07, 6.45) is 3.00. The standard InChI is InChI=1S/C16H23N5S/c1-16(3-4-17-10-16)11-20-5-7-21(8-6-20)14-13-2-9-22-15(13)19-12-18-14/h2,9,12,17H,3-8,10-11H2,1H3. The maximum atomic E-state index is 4.54. The summed E-state index contributed by atoms with van der Waals surface area (Å²) < 4.78 is 0. The lowest BCUT2D eigenvalue weighted by Crippen LogP contribution is -2.50. The van der Waals surface area contributed by atoms with Crippen LogP contribution in [-0.4, -0.2) is 60.7 Å². The van der Waals surface area contributed by atoms with Crippen molar-refractivity contribution in [2.45, 2.75) is 13.3 Å². The first-order chi connectivity index (χ1) is 10.7. The van der Waals surface area contributed by atoms with Crippen molar-refractivity contribution in [1.29, 1.82) is 0 Å². The molecule has 2 aromatic rings. The number of thiophene rings is 1. The third-order valence-electron chi connectivity index (χ3n) is 4.97. The average molecular weight is 317 g/mol. The van der Waals surface area contributed by atoms with Crippen LogP contribution in [0.2, 0.25) is 0 Å². The zero-order chi connectivity index (χ0) is 15.0. The fraction of sp³-hybridized carbons (Fsp3) is 0.625. The predicted octanol–water partition coefficient (Wildman–Crippen LogP) is 1.81. The van der Waals surface area contributed by atoms with Crippen molar-refractivity contribution in [3.8, 4) is 0 Å². The minimum absolute atomic E-state index is 0.456. The van der Waals surface area contributed by atoms with Crippen molar-refractivity contribution in [3.05, 3.63) is 17.8 Å². The number of nitrogens with one attached hydrogen (secondary N) is 1. The summed E-state index contributed by atoms with van der Waals surface area (Å²) in [6.45, 7) is 10.3.